The Bertz CT molecular complexity index is 418. The Morgan fingerprint density at radius 2 is 1.37 bits per heavy atom. The van der Waals surface area contributed by atoms with E-state index < -0.39 is 0 Å². The molecule has 1 aromatic carbocycles. The quantitative estimate of drug-likeness (QED) is 0.304. The second-order valence-corrected chi connectivity index (χ2v) is 5.01. The van der Waals surface area contributed by atoms with Crippen molar-refractivity contribution in [2.45, 2.75) is 6.92 Å². The number of phenols is 1. The van der Waals surface area contributed by atoms with Crippen LogP contribution >= 0.6 is 58.0 Å². The number of rotatable bonds is 2. The summed E-state index contributed by atoms with van der Waals surface area (Å²) in [5.74, 6) is -0.308. The van der Waals surface area contributed by atoms with Gasteiger partial charge in [-0.3, -0.25) is 4.79 Å². The topological polar surface area (TPSA) is 37.3 Å². The standard InChI is InChI=1S/C6HCl5O.C6H8O/c7-1-2(8)4(10)6(12)5(11)3(1)9;1-3-4-5-6(2)7/h12H;3-5H,1H2,2H3/b;5-4+. The summed E-state index contributed by atoms with van der Waals surface area (Å²) < 4.78 is 0. The Morgan fingerprint density at radius 3 is 1.63 bits per heavy atom. The van der Waals surface area contributed by atoms with Crippen molar-refractivity contribution >= 4 is 63.8 Å². The molecule has 0 fully saturated rings. The van der Waals surface area contributed by atoms with E-state index in [4.69, 9.17) is 58.0 Å². The number of ketones is 1. The van der Waals surface area contributed by atoms with Gasteiger partial charge < -0.3 is 5.11 Å². The van der Waals surface area contributed by atoms with Gasteiger partial charge in [0.15, 0.2) is 11.5 Å². The van der Waals surface area contributed by atoms with Crippen LogP contribution in [0.4, 0.5) is 0 Å². The first-order valence-electron chi connectivity index (χ1n) is 4.74. The number of benzene rings is 1. The number of hydrogen-bond donors (Lipinski definition) is 1. The fourth-order valence-electron chi connectivity index (χ4n) is 0.797. The third kappa shape index (κ3) is 5.64. The van der Waals surface area contributed by atoms with Crippen molar-refractivity contribution in [2.75, 3.05) is 0 Å². The van der Waals surface area contributed by atoms with Crippen LogP contribution in [0, 0.1) is 0 Å². The van der Waals surface area contributed by atoms with Crippen molar-refractivity contribution in [2.24, 2.45) is 0 Å². The monoisotopic (exact) mass is 360 g/mol. The maximum atomic E-state index is 10.1. The third-order valence-corrected chi connectivity index (χ3v) is 3.91. The summed E-state index contributed by atoms with van der Waals surface area (Å²) in [6.45, 7) is 4.89. The maximum absolute atomic E-state index is 10.1. The lowest BCUT2D eigenvalue weighted by atomic mass is 10.3. The highest BCUT2D eigenvalue weighted by molar-refractivity contribution is 6.55. The molecule has 0 unspecified atom stereocenters. The summed E-state index contributed by atoms with van der Waals surface area (Å²) in [6.07, 6.45) is 4.65. The smallest absolute Gasteiger partial charge is 0.155 e. The first kappa shape index (κ1) is 18.6. The molecule has 1 rings (SSSR count). The highest BCUT2D eigenvalue weighted by Crippen LogP contribution is 2.47. The lowest BCUT2D eigenvalue weighted by Gasteiger charge is -2.06. The summed E-state index contributed by atoms with van der Waals surface area (Å²) >= 11 is 27.9. The van der Waals surface area contributed by atoms with Crippen molar-refractivity contribution in [1.82, 2.24) is 0 Å². The zero-order valence-electron chi connectivity index (χ0n) is 9.68. The molecule has 0 aliphatic heterocycles. The zero-order valence-corrected chi connectivity index (χ0v) is 13.5. The predicted molar refractivity (Wildman–Crippen MR) is 83.2 cm³/mol. The molecule has 104 valence electrons. The minimum Gasteiger partial charge on any atom is -0.505 e. The van der Waals surface area contributed by atoms with E-state index in [2.05, 4.69) is 6.58 Å². The van der Waals surface area contributed by atoms with Gasteiger partial charge in [0.2, 0.25) is 0 Å². The molecule has 0 heterocycles. The lowest BCUT2D eigenvalue weighted by molar-refractivity contribution is -0.112. The van der Waals surface area contributed by atoms with Gasteiger partial charge in [-0.25, -0.2) is 0 Å². The molecule has 7 heteroatoms. The number of aromatic hydroxyl groups is 1. The van der Waals surface area contributed by atoms with E-state index >= 15 is 0 Å². The highest BCUT2D eigenvalue weighted by atomic mass is 35.5. The van der Waals surface area contributed by atoms with Gasteiger partial charge in [0.05, 0.1) is 15.1 Å². The molecule has 0 aromatic heterocycles. The van der Waals surface area contributed by atoms with Crippen LogP contribution in [0.3, 0.4) is 0 Å². The molecular weight excluding hydrogens is 353 g/mol. The van der Waals surface area contributed by atoms with Crippen molar-refractivity contribution < 1.29 is 9.90 Å². The number of halogens is 5. The average molecular weight is 362 g/mol. The number of hydrogen-bond acceptors (Lipinski definition) is 2. The van der Waals surface area contributed by atoms with Crippen LogP contribution < -0.4 is 0 Å². The van der Waals surface area contributed by atoms with Crippen LogP contribution in [0.5, 0.6) is 5.75 Å². The Labute approximate surface area is 136 Å². The van der Waals surface area contributed by atoms with Gasteiger partial charge in [-0.2, -0.15) is 0 Å². The SMILES string of the molecule is C=C/C=C/C(C)=O.Oc1c(Cl)c(Cl)c(Cl)c(Cl)c1Cl. The van der Waals surface area contributed by atoms with Gasteiger partial charge in [0, 0.05) is 0 Å². The van der Waals surface area contributed by atoms with Gasteiger partial charge in [-0.1, -0.05) is 76.7 Å². The molecule has 0 bridgehead atoms. The van der Waals surface area contributed by atoms with Crippen molar-refractivity contribution in [3.63, 3.8) is 0 Å². The van der Waals surface area contributed by atoms with E-state index in [-0.39, 0.29) is 36.6 Å². The first-order chi connectivity index (χ1) is 8.73. The van der Waals surface area contributed by atoms with Gasteiger partial charge >= 0.3 is 0 Å². The zero-order chi connectivity index (χ0) is 15.2. The summed E-state index contributed by atoms with van der Waals surface area (Å²) in [4.78, 5) is 10.1. The molecular formula is C12H9Cl5O2. The number of phenolic OH excluding ortho intramolecular Hbond substituents is 1. The second-order valence-electron chi connectivity index (χ2n) is 3.12. The van der Waals surface area contributed by atoms with Crippen LogP contribution in [0.15, 0.2) is 24.8 Å². The number of allylic oxidation sites excluding steroid dienone is 3. The summed E-state index contributed by atoms with van der Waals surface area (Å²) in [6, 6.07) is 0. The van der Waals surface area contributed by atoms with E-state index in [0.29, 0.717) is 0 Å². The van der Waals surface area contributed by atoms with E-state index in [1.54, 1.807) is 12.2 Å². The molecule has 0 saturated carbocycles. The second kappa shape index (κ2) is 8.72. The van der Waals surface area contributed by atoms with E-state index in [1.807, 2.05) is 0 Å². The maximum Gasteiger partial charge on any atom is 0.155 e. The lowest BCUT2D eigenvalue weighted by Crippen LogP contribution is -1.78. The van der Waals surface area contributed by atoms with Crippen LogP contribution in [0.2, 0.25) is 25.1 Å². The van der Waals surface area contributed by atoms with Crippen LogP contribution in [-0.2, 0) is 4.79 Å². The molecule has 0 aliphatic rings. The van der Waals surface area contributed by atoms with Crippen molar-refractivity contribution in [3.8, 4) is 5.75 Å². The normalized spacial score (nSPS) is 10.0. The van der Waals surface area contributed by atoms with Gasteiger partial charge in [-0.15, -0.1) is 0 Å². The van der Waals surface area contributed by atoms with Gasteiger partial charge in [0.25, 0.3) is 0 Å². The Hall–Kier alpha value is -0.380. The summed E-state index contributed by atoms with van der Waals surface area (Å²) in [5, 5.41) is 9.01. The predicted octanol–water partition coefficient (Wildman–Crippen LogP) is 5.98. The van der Waals surface area contributed by atoms with Crippen LogP contribution in [-0.4, -0.2) is 10.9 Å². The molecule has 0 amide bonds. The summed E-state index contributed by atoms with van der Waals surface area (Å²) in [5.41, 5.74) is 0. The van der Waals surface area contributed by atoms with E-state index in [1.165, 1.54) is 13.0 Å². The van der Waals surface area contributed by atoms with Gasteiger partial charge in [0.1, 0.15) is 10.0 Å². The largest absolute Gasteiger partial charge is 0.505 e. The molecule has 0 radical (unpaired) electrons. The molecule has 1 N–H and O–H groups in total. The Balaban J connectivity index is 0.000000399. The number of carbonyl (C=O) groups is 1. The third-order valence-electron chi connectivity index (χ3n) is 1.65. The first-order valence-corrected chi connectivity index (χ1v) is 6.63. The molecule has 1 aromatic rings. The molecule has 2 nitrogen and oxygen atoms in total. The van der Waals surface area contributed by atoms with Crippen LogP contribution in [0.1, 0.15) is 6.92 Å². The highest BCUT2D eigenvalue weighted by Gasteiger charge is 2.18. The average Bonchev–Trinajstić information content (AvgIpc) is 2.39. The van der Waals surface area contributed by atoms with E-state index in [9.17, 15) is 9.90 Å². The summed E-state index contributed by atoms with van der Waals surface area (Å²) in [7, 11) is 0. The molecule has 19 heavy (non-hydrogen) atoms. The van der Waals surface area contributed by atoms with Crippen molar-refractivity contribution in [3.05, 3.63) is 49.9 Å². The fraction of sp³-hybridized carbons (Fsp3) is 0.0833. The van der Waals surface area contributed by atoms with Crippen molar-refractivity contribution in [1.29, 1.82) is 0 Å². The molecule has 0 atom stereocenters. The molecule has 0 spiro atoms. The van der Waals surface area contributed by atoms with Crippen LogP contribution in [0.25, 0.3) is 0 Å². The molecule has 0 saturated heterocycles. The van der Waals surface area contributed by atoms with E-state index in [0.717, 1.165) is 0 Å². The minimum absolute atomic E-state index is 0.00904. The minimum atomic E-state index is -0.363. The fourth-order valence-corrected chi connectivity index (χ4v) is 1.93. The Morgan fingerprint density at radius 1 is 1.00 bits per heavy atom. The van der Waals surface area contributed by atoms with Gasteiger partial charge in [-0.05, 0) is 13.0 Å². The Kier molecular flexibility index (Phi) is 8.55. The number of carbonyl (C=O) groups excluding carboxylic acids is 1. The molecule has 0 aliphatic carbocycles.